The first-order valence-corrected chi connectivity index (χ1v) is 6.76. The highest BCUT2D eigenvalue weighted by molar-refractivity contribution is 5.13. The smallest absolute Gasteiger partial charge is 0.0933 e. The van der Waals surface area contributed by atoms with Crippen LogP contribution in [0.5, 0.6) is 0 Å². The number of hydroxylamine groups is 1. The molecule has 1 aliphatic rings. The molecule has 0 aliphatic heterocycles. The normalized spacial score (nSPS) is 25.5. The SMILES string of the molecule is CC1CCCC(NOCc2ccccc2)CC1. The van der Waals surface area contributed by atoms with Gasteiger partial charge in [-0.25, -0.2) is 0 Å². The zero-order valence-corrected chi connectivity index (χ0v) is 10.7. The van der Waals surface area contributed by atoms with E-state index in [2.05, 4.69) is 24.5 Å². The van der Waals surface area contributed by atoms with E-state index < -0.39 is 0 Å². The van der Waals surface area contributed by atoms with Gasteiger partial charge in [0.25, 0.3) is 0 Å². The van der Waals surface area contributed by atoms with Crippen molar-refractivity contribution in [1.29, 1.82) is 0 Å². The van der Waals surface area contributed by atoms with E-state index in [-0.39, 0.29) is 0 Å². The minimum Gasteiger partial charge on any atom is -0.297 e. The largest absolute Gasteiger partial charge is 0.297 e. The predicted molar refractivity (Wildman–Crippen MR) is 70.4 cm³/mol. The summed E-state index contributed by atoms with van der Waals surface area (Å²) < 4.78 is 0. The lowest BCUT2D eigenvalue weighted by atomic mass is 10.0. The summed E-state index contributed by atoms with van der Waals surface area (Å²) in [5, 5.41) is 0. The molecular formula is C15H23NO. The Hall–Kier alpha value is -0.860. The summed E-state index contributed by atoms with van der Waals surface area (Å²) in [5.74, 6) is 0.885. The van der Waals surface area contributed by atoms with Gasteiger partial charge in [-0.05, 0) is 30.7 Å². The van der Waals surface area contributed by atoms with Gasteiger partial charge in [0.2, 0.25) is 0 Å². The summed E-state index contributed by atoms with van der Waals surface area (Å²) >= 11 is 0. The second-order valence-corrected chi connectivity index (χ2v) is 5.20. The van der Waals surface area contributed by atoms with Crippen LogP contribution in [0.15, 0.2) is 30.3 Å². The van der Waals surface area contributed by atoms with Crippen molar-refractivity contribution in [1.82, 2.24) is 5.48 Å². The van der Waals surface area contributed by atoms with Crippen LogP contribution in [0.4, 0.5) is 0 Å². The standard InChI is InChI=1S/C15H23NO/c1-13-6-5-9-15(11-10-13)16-17-12-14-7-3-2-4-8-14/h2-4,7-8,13,15-16H,5-6,9-12H2,1H3. The van der Waals surface area contributed by atoms with Gasteiger partial charge in [-0.2, -0.15) is 5.48 Å². The van der Waals surface area contributed by atoms with Crippen molar-refractivity contribution in [3.8, 4) is 0 Å². The number of hydrogen-bond donors (Lipinski definition) is 1. The molecule has 1 aromatic carbocycles. The number of rotatable bonds is 4. The van der Waals surface area contributed by atoms with E-state index >= 15 is 0 Å². The van der Waals surface area contributed by atoms with Crippen LogP contribution in [-0.2, 0) is 11.4 Å². The van der Waals surface area contributed by atoms with Crippen LogP contribution >= 0.6 is 0 Å². The molecule has 0 radical (unpaired) electrons. The Balaban J connectivity index is 1.68. The van der Waals surface area contributed by atoms with E-state index in [9.17, 15) is 0 Å². The highest BCUT2D eigenvalue weighted by atomic mass is 16.6. The molecule has 0 aromatic heterocycles. The van der Waals surface area contributed by atoms with Crippen molar-refractivity contribution in [2.45, 2.75) is 51.7 Å². The molecular weight excluding hydrogens is 210 g/mol. The number of nitrogens with one attached hydrogen (secondary N) is 1. The van der Waals surface area contributed by atoms with Gasteiger partial charge < -0.3 is 0 Å². The maximum absolute atomic E-state index is 5.60. The molecule has 1 saturated carbocycles. The Morgan fingerprint density at radius 3 is 2.76 bits per heavy atom. The molecule has 1 aromatic rings. The van der Waals surface area contributed by atoms with Crippen molar-refractivity contribution < 1.29 is 4.84 Å². The van der Waals surface area contributed by atoms with E-state index in [1.807, 2.05) is 18.2 Å². The maximum Gasteiger partial charge on any atom is 0.0933 e. The molecule has 17 heavy (non-hydrogen) atoms. The molecule has 94 valence electrons. The molecule has 2 atom stereocenters. The van der Waals surface area contributed by atoms with Crippen molar-refractivity contribution in [3.05, 3.63) is 35.9 Å². The minimum absolute atomic E-state index is 0.545. The second-order valence-electron chi connectivity index (χ2n) is 5.20. The summed E-state index contributed by atoms with van der Waals surface area (Å²) in [5.41, 5.74) is 4.45. The van der Waals surface area contributed by atoms with Crippen LogP contribution in [-0.4, -0.2) is 6.04 Å². The van der Waals surface area contributed by atoms with Gasteiger partial charge in [-0.15, -0.1) is 0 Å². The first-order valence-electron chi connectivity index (χ1n) is 6.76. The molecule has 1 fully saturated rings. The van der Waals surface area contributed by atoms with Crippen LogP contribution in [0.3, 0.4) is 0 Å². The molecule has 2 heteroatoms. The van der Waals surface area contributed by atoms with E-state index in [4.69, 9.17) is 4.84 Å². The fourth-order valence-electron chi connectivity index (χ4n) is 2.42. The van der Waals surface area contributed by atoms with E-state index in [1.54, 1.807) is 0 Å². The fraction of sp³-hybridized carbons (Fsp3) is 0.600. The fourth-order valence-corrected chi connectivity index (χ4v) is 2.42. The first kappa shape index (κ1) is 12.6. The lowest BCUT2D eigenvalue weighted by Gasteiger charge is -2.16. The summed E-state index contributed by atoms with van der Waals surface area (Å²) in [7, 11) is 0. The molecule has 0 saturated heterocycles. The van der Waals surface area contributed by atoms with Gasteiger partial charge in [-0.1, -0.05) is 50.1 Å². The van der Waals surface area contributed by atoms with Gasteiger partial charge in [0.05, 0.1) is 6.61 Å². The lowest BCUT2D eigenvalue weighted by Crippen LogP contribution is -2.28. The van der Waals surface area contributed by atoms with Crippen molar-refractivity contribution in [2.75, 3.05) is 0 Å². The topological polar surface area (TPSA) is 21.3 Å². The van der Waals surface area contributed by atoms with E-state index in [0.717, 1.165) is 5.92 Å². The molecule has 2 unspecified atom stereocenters. The number of benzene rings is 1. The van der Waals surface area contributed by atoms with Crippen molar-refractivity contribution in [3.63, 3.8) is 0 Å². The van der Waals surface area contributed by atoms with Crippen LogP contribution in [0, 0.1) is 5.92 Å². The van der Waals surface area contributed by atoms with Gasteiger partial charge >= 0.3 is 0 Å². The van der Waals surface area contributed by atoms with Crippen LogP contribution in [0.2, 0.25) is 0 Å². The van der Waals surface area contributed by atoms with Crippen molar-refractivity contribution in [2.24, 2.45) is 5.92 Å². The van der Waals surface area contributed by atoms with Gasteiger partial charge in [0.15, 0.2) is 0 Å². The second kappa shape index (κ2) is 6.77. The third kappa shape index (κ3) is 4.49. The lowest BCUT2D eigenvalue weighted by molar-refractivity contribution is 0.0000863. The molecule has 1 aliphatic carbocycles. The highest BCUT2D eigenvalue weighted by Crippen LogP contribution is 2.22. The first-order chi connectivity index (χ1) is 8.34. The third-order valence-corrected chi connectivity index (χ3v) is 3.59. The molecule has 0 amide bonds. The molecule has 0 heterocycles. The van der Waals surface area contributed by atoms with E-state index in [0.29, 0.717) is 12.6 Å². The van der Waals surface area contributed by atoms with Crippen molar-refractivity contribution >= 4 is 0 Å². The van der Waals surface area contributed by atoms with E-state index in [1.165, 1.54) is 37.7 Å². The number of hydrogen-bond acceptors (Lipinski definition) is 2. The zero-order chi connectivity index (χ0) is 11.9. The quantitative estimate of drug-likeness (QED) is 0.633. The van der Waals surface area contributed by atoms with Crippen LogP contribution < -0.4 is 5.48 Å². The highest BCUT2D eigenvalue weighted by Gasteiger charge is 2.15. The maximum atomic E-state index is 5.60. The van der Waals surface area contributed by atoms with Crippen LogP contribution in [0.1, 0.15) is 44.6 Å². The average Bonchev–Trinajstić information content (AvgIpc) is 2.56. The van der Waals surface area contributed by atoms with Crippen LogP contribution in [0.25, 0.3) is 0 Å². The Morgan fingerprint density at radius 2 is 1.94 bits per heavy atom. The molecule has 2 nitrogen and oxygen atoms in total. The Kier molecular flexibility index (Phi) is 5.02. The zero-order valence-electron chi connectivity index (χ0n) is 10.7. The Morgan fingerprint density at radius 1 is 1.12 bits per heavy atom. The molecule has 0 spiro atoms. The predicted octanol–water partition coefficient (Wildman–Crippen LogP) is 3.68. The van der Waals surface area contributed by atoms with Gasteiger partial charge in [0.1, 0.15) is 0 Å². The molecule has 1 N–H and O–H groups in total. The van der Waals surface area contributed by atoms with Gasteiger partial charge in [-0.3, -0.25) is 4.84 Å². The monoisotopic (exact) mass is 233 g/mol. The summed E-state index contributed by atoms with van der Waals surface area (Å²) in [6.45, 7) is 3.01. The minimum atomic E-state index is 0.545. The average molecular weight is 233 g/mol. The van der Waals surface area contributed by atoms with Gasteiger partial charge in [0, 0.05) is 6.04 Å². The summed E-state index contributed by atoms with van der Waals surface area (Å²) in [6.07, 6.45) is 6.52. The molecule has 0 bridgehead atoms. The summed E-state index contributed by atoms with van der Waals surface area (Å²) in [4.78, 5) is 5.60. The third-order valence-electron chi connectivity index (χ3n) is 3.59. The Labute approximate surface area is 104 Å². The molecule has 2 rings (SSSR count). The summed E-state index contributed by atoms with van der Waals surface area (Å²) in [6, 6.07) is 10.9. The Bertz CT molecular complexity index is 312.